The van der Waals surface area contributed by atoms with Gasteiger partial charge in [-0.3, -0.25) is 4.79 Å². The van der Waals surface area contributed by atoms with E-state index in [0.717, 1.165) is 35.2 Å². The Morgan fingerprint density at radius 1 is 1.03 bits per heavy atom. The van der Waals surface area contributed by atoms with Gasteiger partial charge < -0.3 is 15.1 Å². The van der Waals surface area contributed by atoms with Crippen LogP contribution in [0.4, 0.5) is 16.5 Å². The van der Waals surface area contributed by atoms with Gasteiger partial charge >= 0.3 is 0 Å². The first-order chi connectivity index (χ1) is 14.4. The van der Waals surface area contributed by atoms with E-state index in [-0.39, 0.29) is 5.91 Å². The zero-order valence-corrected chi connectivity index (χ0v) is 19.1. The Hall–Kier alpha value is -2.28. The first-order valence-corrected chi connectivity index (χ1v) is 11.3. The molecule has 1 fully saturated rings. The van der Waals surface area contributed by atoms with E-state index in [1.54, 1.807) is 6.07 Å². The molecule has 1 aromatic heterocycles. The molecule has 0 unspecified atom stereocenters. The van der Waals surface area contributed by atoms with Crippen molar-refractivity contribution in [2.45, 2.75) is 13.8 Å². The smallest absolute Gasteiger partial charge is 0.273 e. The largest absolute Gasteiger partial charge is 0.368 e. The van der Waals surface area contributed by atoms with Gasteiger partial charge in [0, 0.05) is 42.9 Å². The number of aromatic nitrogens is 1. The quantitative estimate of drug-likeness (QED) is 0.536. The lowest BCUT2D eigenvalue weighted by atomic mass is 10.1. The number of benzene rings is 2. The van der Waals surface area contributed by atoms with Gasteiger partial charge in [-0.15, -0.1) is 11.3 Å². The SMILES string of the molecule is Cc1ccc(Nc2nc(C(=O)N3CCN(c4ccc(Cl)c(Cl)c4)CC3)cs2)c(C)c1. The van der Waals surface area contributed by atoms with Crippen LogP contribution >= 0.6 is 34.5 Å². The highest BCUT2D eigenvalue weighted by molar-refractivity contribution is 7.14. The lowest BCUT2D eigenvalue weighted by Gasteiger charge is -2.36. The molecule has 8 heteroatoms. The molecule has 1 saturated heterocycles. The van der Waals surface area contributed by atoms with Gasteiger partial charge in [-0.1, -0.05) is 40.9 Å². The van der Waals surface area contributed by atoms with Crippen LogP contribution in [-0.4, -0.2) is 42.0 Å². The molecule has 1 amide bonds. The van der Waals surface area contributed by atoms with Gasteiger partial charge in [0.15, 0.2) is 5.13 Å². The molecule has 3 aromatic rings. The molecule has 0 radical (unpaired) electrons. The molecule has 1 aliphatic rings. The molecule has 4 rings (SSSR count). The van der Waals surface area contributed by atoms with Crippen molar-refractivity contribution in [3.05, 3.63) is 68.6 Å². The minimum Gasteiger partial charge on any atom is -0.368 e. The third-order valence-electron chi connectivity index (χ3n) is 5.18. The van der Waals surface area contributed by atoms with Crippen LogP contribution in [0.15, 0.2) is 41.8 Å². The number of thiazole rings is 1. The summed E-state index contributed by atoms with van der Waals surface area (Å²) >= 11 is 13.6. The average Bonchev–Trinajstić information content (AvgIpc) is 3.20. The van der Waals surface area contributed by atoms with Gasteiger partial charge in [-0.2, -0.15) is 0 Å². The van der Waals surface area contributed by atoms with Gasteiger partial charge in [0.1, 0.15) is 5.69 Å². The van der Waals surface area contributed by atoms with E-state index in [9.17, 15) is 4.79 Å². The number of hydrogen-bond acceptors (Lipinski definition) is 5. The maximum Gasteiger partial charge on any atom is 0.273 e. The Balaban J connectivity index is 1.38. The van der Waals surface area contributed by atoms with Crippen LogP contribution < -0.4 is 10.2 Å². The van der Waals surface area contributed by atoms with E-state index in [1.165, 1.54) is 16.9 Å². The molecule has 0 saturated carbocycles. The molecule has 0 atom stereocenters. The summed E-state index contributed by atoms with van der Waals surface area (Å²) in [5.41, 5.74) is 4.87. The number of halogens is 2. The lowest BCUT2D eigenvalue weighted by molar-refractivity contribution is 0.0742. The number of aryl methyl sites for hydroxylation is 2. The summed E-state index contributed by atoms with van der Waals surface area (Å²) in [6, 6.07) is 11.8. The summed E-state index contributed by atoms with van der Waals surface area (Å²) in [5.74, 6) is -0.0336. The van der Waals surface area contributed by atoms with Crippen molar-refractivity contribution >= 4 is 57.0 Å². The summed E-state index contributed by atoms with van der Waals surface area (Å²) in [4.78, 5) is 21.5. The van der Waals surface area contributed by atoms with Crippen molar-refractivity contribution in [2.75, 3.05) is 36.4 Å². The molecule has 1 N–H and O–H groups in total. The van der Waals surface area contributed by atoms with E-state index in [0.29, 0.717) is 28.8 Å². The van der Waals surface area contributed by atoms with Crippen LogP contribution in [0.5, 0.6) is 0 Å². The molecular weight excluding hydrogens is 439 g/mol. The molecule has 156 valence electrons. The molecule has 1 aliphatic heterocycles. The van der Waals surface area contributed by atoms with Gasteiger partial charge in [0.2, 0.25) is 0 Å². The fourth-order valence-corrected chi connectivity index (χ4v) is 4.50. The Kier molecular flexibility index (Phi) is 6.18. The molecule has 0 bridgehead atoms. The highest BCUT2D eigenvalue weighted by Crippen LogP contribution is 2.28. The molecular formula is C22H22Cl2N4OS. The van der Waals surface area contributed by atoms with Gasteiger partial charge in [-0.25, -0.2) is 4.98 Å². The summed E-state index contributed by atoms with van der Waals surface area (Å²) in [5, 5.41) is 6.95. The first-order valence-electron chi connectivity index (χ1n) is 9.70. The number of nitrogens with zero attached hydrogens (tertiary/aromatic N) is 3. The van der Waals surface area contributed by atoms with Crippen molar-refractivity contribution in [1.82, 2.24) is 9.88 Å². The summed E-state index contributed by atoms with van der Waals surface area (Å²) in [6.07, 6.45) is 0. The Morgan fingerprint density at radius 2 is 1.80 bits per heavy atom. The van der Waals surface area contributed by atoms with Crippen LogP contribution in [0.3, 0.4) is 0 Å². The number of carbonyl (C=O) groups excluding carboxylic acids is 1. The number of piperazine rings is 1. The molecule has 0 spiro atoms. The standard InChI is InChI=1S/C22H22Cl2N4OS/c1-14-3-6-19(15(2)11-14)25-22-26-20(13-30-22)21(29)28-9-7-27(8-10-28)16-4-5-17(23)18(24)12-16/h3-6,11-13H,7-10H2,1-2H3,(H,25,26). The van der Waals surface area contributed by atoms with Gasteiger partial charge in [-0.05, 0) is 43.7 Å². The fraction of sp³-hybridized carbons (Fsp3) is 0.273. The van der Waals surface area contributed by atoms with Gasteiger partial charge in [0.25, 0.3) is 5.91 Å². The molecule has 30 heavy (non-hydrogen) atoms. The monoisotopic (exact) mass is 460 g/mol. The van der Waals surface area contributed by atoms with Crippen LogP contribution in [0.2, 0.25) is 10.0 Å². The molecule has 0 aliphatic carbocycles. The topological polar surface area (TPSA) is 48.5 Å². The number of hydrogen-bond donors (Lipinski definition) is 1. The van der Waals surface area contributed by atoms with Crippen molar-refractivity contribution in [1.29, 1.82) is 0 Å². The summed E-state index contributed by atoms with van der Waals surface area (Å²) in [7, 11) is 0. The highest BCUT2D eigenvalue weighted by Gasteiger charge is 2.24. The maximum absolute atomic E-state index is 12.9. The zero-order valence-electron chi connectivity index (χ0n) is 16.8. The number of nitrogens with one attached hydrogen (secondary N) is 1. The zero-order chi connectivity index (χ0) is 21.3. The lowest BCUT2D eigenvalue weighted by Crippen LogP contribution is -2.48. The number of anilines is 3. The molecule has 2 aromatic carbocycles. The summed E-state index contributed by atoms with van der Waals surface area (Å²) in [6.45, 7) is 6.87. The van der Waals surface area contributed by atoms with E-state index in [2.05, 4.69) is 41.2 Å². The predicted octanol–water partition coefficient (Wildman–Crippen LogP) is 5.77. The third kappa shape index (κ3) is 4.56. The second-order valence-corrected chi connectivity index (χ2v) is 9.03. The average molecular weight is 461 g/mol. The van der Waals surface area contributed by atoms with Crippen molar-refractivity contribution in [2.24, 2.45) is 0 Å². The van der Waals surface area contributed by atoms with Crippen molar-refractivity contribution < 1.29 is 4.79 Å². The van der Waals surface area contributed by atoms with E-state index < -0.39 is 0 Å². The van der Waals surface area contributed by atoms with Gasteiger partial charge in [0.05, 0.1) is 10.0 Å². The van der Waals surface area contributed by atoms with Crippen LogP contribution in [0, 0.1) is 13.8 Å². The first kappa shape index (κ1) is 21.0. The number of rotatable bonds is 4. The minimum absolute atomic E-state index is 0.0336. The van der Waals surface area contributed by atoms with E-state index in [4.69, 9.17) is 23.2 Å². The number of amides is 1. The van der Waals surface area contributed by atoms with Crippen molar-refractivity contribution in [3.63, 3.8) is 0 Å². The fourth-order valence-electron chi connectivity index (χ4n) is 3.51. The third-order valence-corrected chi connectivity index (χ3v) is 6.68. The van der Waals surface area contributed by atoms with E-state index in [1.807, 2.05) is 28.5 Å². The Labute approximate surface area is 190 Å². The maximum atomic E-state index is 12.9. The second kappa shape index (κ2) is 8.84. The Morgan fingerprint density at radius 3 is 2.50 bits per heavy atom. The predicted molar refractivity (Wildman–Crippen MR) is 126 cm³/mol. The minimum atomic E-state index is -0.0336. The van der Waals surface area contributed by atoms with Crippen LogP contribution in [-0.2, 0) is 0 Å². The van der Waals surface area contributed by atoms with Crippen LogP contribution in [0.25, 0.3) is 0 Å². The summed E-state index contributed by atoms with van der Waals surface area (Å²) < 4.78 is 0. The van der Waals surface area contributed by atoms with Crippen molar-refractivity contribution in [3.8, 4) is 0 Å². The normalized spacial score (nSPS) is 14.1. The Bertz CT molecular complexity index is 1080. The molecule has 5 nitrogen and oxygen atoms in total. The van der Waals surface area contributed by atoms with Crippen LogP contribution in [0.1, 0.15) is 21.6 Å². The number of carbonyl (C=O) groups is 1. The second-order valence-electron chi connectivity index (χ2n) is 7.36. The molecule has 2 heterocycles. The van der Waals surface area contributed by atoms with E-state index >= 15 is 0 Å². The highest BCUT2D eigenvalue weighted by atomic mass is 35.5.